The number of rotatable bonds is 8. The molecule has 0 radical (unpaired) electrons. The Morgan fingerprint density at radius 3 is 2.40 bits per heavy atom. The molecule has 1 atom stereocenters. The molecule has 6 nitrogen and oxygen atoms in total. The van der Waals surface area contributed by atoms with Crippen LogP contribution >= 0.6 is 46.1 Å². The first-order valence-electron chi connectivity index (χ1n) is 14.0. The van der Waals surface area contributed by atoms with E-state index < -0.39 is 12.0 Å². The summed E-state index contributed by atoms with van der Waals surface area (Å²) in [5, 5.41) is 1.45. The Hall–Kier alpha value is -4.14. The molecule has 45 heavy (non-hydrogen) atoms. The first kappa shape index (κ1) is 30.9. The zero-order valence-corrected chi connectivity index (χ0v) is 27.0. The maximum Gasteiger partial charge on any atom is 0.338 e. The van der Waals surface area contributed by atoms with Gasteiger partial charge in [0.25, 0.3) is 5.56 Å². The molecule has 4 aromatic carbocycles. The van der Waals surface area contributed by atoms with Gasteiger partial charge in [0.1, 0.15) is 12.4 Å². The standard InChI is InChI=1S/C35H25Cl3N2O4S/c1-2-43-34(42)30-31(22-8-4-3-5-9-22)39-35-40(32(30)23-13-15-25(36)16-14-23)33(41)29(45-35)19-24-10-6-7-11-28(24)44-20-21-12-17-26(37)27(38)18-21/h3-19,32H,2,20H2,1H3/b29-19-/t32-/m0/s1. The number of para-hydroxylation sites is 1. The van der Waals surface area contributed by atoms with Crippen molar-refractivity contribution in [1.82, 2.24) is 4.57 Å². The summed E-state index contributed by atoms with van der Waals surface area (Å²) in [6.45, 7) is 2.16. The minimum atomic E-state index is -0.795. The van der Waals surface area contributed by atoms with Crippen LogP contribution in [0.4, 0.5) is 0 Å². The maximum absolute atomic E-state index is 14.2. The van der Waals surface area contributed by atoms with E-state index in [0.29, 0.717) is 47.0 Å². The van der Waals surface area contributed by atoms with Crippen molar-refractivity contribution in [2.75, 3.05) is 6.61 Å². The Morgan fingerprint density at radius 2 is 1.67 bits per heavy atom. The average Bonchev–Trinajstić information content (AvgIpc) is 3.36. The van der Waals surface area contributed by atoms with Crippen LogP contribution in [0.15, 0.2) is 112 Å². The van der Waals surface area contributed by atoms with Gasteiger partial charge in [0.05, 0.1) is 38.5 Å². The number of carbonyl (C=O) groups is 1. The highest BCUT2D eigenvalue weighted by Gasteiger charge is 2.35. The highest BCUT2D eigenvalue weighted by atomic mass is 35.5. The second kappa shape index (κ2) is 13.5. The van der Waals surface area contributed by atoms with E-state index in [2.05, 4.69) is 0 Å². The predicted molar refractivity (Wildman–Crippen MR) is 180 cm³/mol. The quantitative estimate of drug-likeness (QED) is 0.160. The smallest absolute Gasteiger partial charge is 0.338 e. The minimum absolute atomic E-state index is 0.168. The lowest BCUT2D eigenvalue weighted by molar-refractivity contribution is -0.138. The zero-order chi connectivity index (χ0) is 31.5. The van der Waals surface area contributed by atoms with Gasteiger partial charge < -0.3 is 9.47 Å². The van der Waals surface area contributed by atoms with Gasteiger partial charge >= 0.3 is 5.97 Å². The van der Waals surface area contributed by atoms with Crippen LogP contribution in [0.3, 0.4) is 0 Å². The fraction of sp³-hybridized carbons (Fsp3) is 0.114. The second-order valence-corrected chi connectivity index (χ2v) is 12.3. The van der Waals surface area contributed by atoms with Crippen molar-refractivity contribution in [2.45, 2.75) is 19.6 Å². The van der Waals surface area contributed by atoms with Crippen LogP contribution in [-0.4, -0.2) is 17.1 Å². The summed E-state index contributed by atoms with van der Waals surface area (Å²) in [6.07, 6.45) is 1.78. The SMILES string of the molecule is CCOC(=O)C1=C(c2ccccc2)N=c2s/c(=C\c3ccccc3OCc3ccc(Cl)c(Cl)c3)c(=O)n2[C@H]1c1ccc(Cl)cc1. The van der Waals surface area contributed by atoms with Crippen molar-refractivity contribution in [3.05, 3.63) is 160 Å². The number of hydrogen-bond donors (Lipinski definition) is 0. The Balaban J connectivity index is 1.50. The van der Waals surface area contributed by atoms with E-state index in [9.17, 15) is 9.59 Å². The third-order valence-corrected chi connectivity index (χ3v) is 9.12. The molecule has 1 aromatic heterocycles. The lowest BCUT2D eigenvalue weighted by atomic mass is 9.93. The van der Waals surface area contributed by atoms with Crippen LogP contribution in [0.1, 0.15) is 35.2 Å². The van der Waals surface area contributed by atoms with Crippen molar-refractivity contribution < 1.29 is 14.3 Å². The van der Waals surface area contributed by atoms with E-state index in [0.717, 1.165) is 11.1 Å². The van der Waals surface area contributed by atoms with Gasteiger partial charge in [-0.05, 0) is 54.5 Å². The minimum Gasteiger partial charge on any atom is -0.488 e. The van der Waals surface area contributed by atoms with Crippen LogP contribution in [0, 0.1) is 0 Å². The van der Waals surface area contributed by atoms with Crippen LogP contribution in [0.25, 0.3) is 11.8 Å². The number of ether oxygens (including phenoxy) is 2. The highest BCUT2D eigenvalue weighted by Crippen LogP contribution is 2.35. The summed E-state index contributed by atoms with van der Waals surface area (Å²) in [6, 6.07) is 28.5. The Bertz CT molecular complexity index is 2110. The molecular weight excluding hydrogens is 651 g/mol. The molecule has 0 amide bonds. The normalized spacial score (nSPS) is 14.6. The van der Waals surface area contributed by atoms with E-state index in [-0.39, 0.29) is 24.3 Å². The molecular formula is C35H25Cl3N2O4S. The predicted octanol–water partition coefficient (Wildman–Crippen LogP) is 7.47. The molecule has 2 heterocycles. The van der Waals surface area contributed by atoms with Gasteiger partial charge in [0.15, 0.2) is 4.80 Å². The van der Waals surface area contributed by atoms with Gasteiger partial charge in [-0.3, -0.25) is 9.36 Å². The fourth-order valence-electron chi connectivity index (χ4n) is 5.06. The van der Waals surface area contributed by atoms with Crippen LogP contribution < -0.4 is 19.6 Å². The summed E-state index contributed by atoms with van der Waals surface area (Å²) in [7, 11) is 0. The molecule has 5 aromatic rings. The molecule has 0 spiro atoms. The third kappa shape index (κ3) is 6.49. The molecule has 0 bridgehead atoms. The van der Waals surface area contributed by atoms with Crippen molar-refractivity contribution >= 4 is 63.9 Å². The number of halogens is 3. The Kier molecular flexibility index (Phi) is 9.24. The summed E-state index contributed by atoms with van der Waals surface area (Å²) in [4.78, 5) is 33.2. The van der Waals surface area contributed by atoms with Crippen LogP contribution in [-0.2, 0) is 16.1 Å². The highest BCUT2D eigenvalue weighted by molar-refractivity contribution is 7.07. The Morgan fingerprint density at radius 1 is 0.933 bits per heavy atom. The van der Waals surface area contributed by atoms with Crippen LogP contribution in [0.5, 0.6) is 5.75 Å². The van der Waals surface area contributed by atoms with Crippen molar-refractivity contribution in [3.63, 3.8) is 0 Å². The lowest BCUT2D eigenvalue weighted by Gasteiger charge is -2.25. The van der Waals surface area contributed by atoms with E-state index in [1.165, 1.54) is 11.3 Å². The molecule has 6 rings (SSSR count). The number of fused-ring (bicyclic) bond motifs is 1. The Labute approximate surface area is 278 Å². The van der Waals surface area contributed by atoms with Gasteiger partial charge in [0, 0.05) is 16.1 Å². The molecule has 1 aliphatic heterocycles. The molecule has 1 aliphatic rings. The number of thiazole rings is 1. The number of benzene rings is 4. The monoisotopic (exact) mass is 674 g/mol. The summed E-state index contributed by atoms with van der Waals surface area (Å²) in [5.74, 6) is 0.0382. The van der Waals surface area contributed by atoms with Gasteiger partial charge in [-0.25, -0.2) is 9.79 Å². The van der Waals surface area contributed by atoms with E-state index >= 15 is 0 Å². The number of nitrogens with zero attached hydrogens (tertiary/aromatic N) is 2. The largest absolute Gasteiger partial charge is 0.488 e. The van der Waals surface area contributed by atoms with Gasteiger partial charge in [-0.2, -0.15) is 0 Å². The first-order chi connectivity index (χ1) is 21.8. The molecule has 226 valence electrons. The molecule has 0 unspecified atom stereocenters. The topological polar surface area (TPSA) is 69.9 Å². The number of carbonyl (C=O) groups excluding carboxylic acids is 1. The third-order valence-electron chi connectivity index (χ3n) is 7.14. The van der Waals surface area contributed by atoms with Gasteiger partial charge in [-0.15, -0.1) is 0 Å². The lowest BCUT2D eigenvalue weighted by Crippen LogP contribution is -2.40. The zero-order valence-electron chi connectivity index (χ0n) is 23.9. The fourth-order valence-corrected chi connectivity index (χ4v) is 6.50. The first-order valence-corrected chi connectivity index (χ1v) is 16.0. The van der Waals surface area contributed by atoms with Gasteiger partial charge in [-0.1, -0.05) is 113 Å². The van der Waals surface area contributed by atoms with E-state index in [1.54, 1.807) is 41.8 Å². The van der Waals surface area contributed by atoms with E-state index in [1.807, 2.05) is 72.8 Å². The average molecular weight is 676 g/mol. The molecule has 0 aliphatic carbocycles. The summed E-state index contributed by atoms with van der Waals surface area (Å²) in [5.41, 5.74) is 3.41. The number of esters is 1. The second-order valence-electron chi connectivity index (χ2n) is 10.1. The van der Waals surface area contributed by atoms with E-state index in [4.69, 9.17) is 49.3 Å². The maximum atomic E-state index is 14.2. The van der Waals surface area contributed by atoms with Crippen molar-refractivity contribution in [1.29, 1.82) is 0 Å². The number of aromatic nitrogens is 1. The summed E-state index contributed by atoms with van der Waals surface area (Å²) >= 11 is 19.7. The molecule has 0 N–H and O–H groups in total. The van der Waals surface area contributed by atoms with Crippen molar-refractivity contribution in [2.24, 2.45) is 4.99 Å². The van der Waals surface area contributed by atoms with Gasteiger partial charge in [0.2, 0.25) is 0 Å². The van der Waals surface area contributed by atoms with Crippen molar-refractivity contribution in [3.8, 4) is 5.75 Å². The molecule has 10 heteroatoms. The molecule has 0 saturated heterocycles. The number of hydrogen-bond acceptors (Lipinski definition) is 6. The summed E-state index contributed by atoms with van der Waals surface area (Å²) < 4.78 is 13.6. The van der Waals surface area contributed by atoms with Crippen LogP contribution in [0.2, 0.25) is 15.1 Å². The molecule has 0 saturated carbocycles. The molecule has 0 fully saturated rings.